The molecule has 0 saturated carbocycles. The zero-order valence-electron chi connectivity index (χ0n) is 7.71. The normalized spacial score (nSPS) is 10.9. The van der Waals surface area contributed by atoms with E-state index < -0.39 is 0 Å². The van der Waals surface area contributed by atoms with Crippen LogP contribution >= 0.6 is 0 Å². The molecule has 0 aliphatic heterocycles. The van der Waals surface area contributed by atoms with Crippen molar-refractivity contribution in [3.63, 3.8) is 0 Å². The van der Waals surface area contributed by atoms with Gasteiger partial charge in [-0.05, 0) is 0 Å². The zero-order chi connectivity index (χ0) is 9.97. The van der Waals surface area contributed by atoms with Crippen molar-refractivity contribution >= 4 is 17.0 Å². The summed E-state index contributed by atoms with van der Waals surface area (Å²) >= 11 is 0. The Bertz CT molecular complexity index is 439. The first-order chi connectivity index (χ1) is 6.83. The van der Waals surface area contributed by atoms with Gasteiger partial charge in [0.05, 0.1) is 13.2 Å². The van der Waals surface area contributed by atoms with Crippen LogP contribution in [-0.2, 0) is 11.3 Å². The van der Waals surface area contributed by atoms with Gasteiger partial charge >= 0.3 is 0 Å². The molecule has 0 saturated heterocycles. The van der Waals surface area contributed by atoms with Gasteiger partial charge in [0.15, 0.2) is 17.0 Å². The van der Waals surface area contributed by atoms with Crippen LogP contribution in [0.4, 0.5) is 5.82 Å². The van der Waals surface area contributed by atoms with E-state index in [9.17, 15) is 0 Å². The van der Waals surface area contributed by atoms with Crippen LogP contribution in [0.3, 0.4) is 0 Å². The molecule has 7 nitrogen and oxygen atoms in total. The van der Waals surface area contributed by atoms with E-state index in [-0.39, 0.29) is 0 Å². The predicted molar refractivity (Wildman–Crippen MR) is 49.4 cm³/mol. The molecule has 2 heterocycles. The molecule has 2 rings (SSSR count). The van der Waals surface area contributed by atoms with Crippen molar-refractivity contribution in [2.75, 3.05) is 19.5 Å². The van der Waals surface area contributed by atoms with Crippen LogP contribution in [0.5, 0.6) is 0 Å². The number of fused-ring (bicyclic) bond motifs is 1. The van der Waals surface area contributed by atoms with Gasteiger partial charge in [-0.3, -0.25) is 0 Å². The summed E-state index contributed by atoms with van der Waals surface area (Å²) in [5.41, 5.74) is 6.76. The number of rotatable bonds is 3. The molecule has 0 aliphatic carbocycles. The monoisotopic (exact) mass is 194 g/mol. The maximum absolute atomic E-state index is 5.60. The number of ether oxygens (including phenoxy) is 1. The van der Waals surface area contributed by atoms with Gasteiger partial charge in [-0.15, -0.1) is 5.10 Å². The third-order valence-electron chi connectivity index (χ3n) is 1.84. The van der Waals surface area contributed by atoms with Crippen LogP contribution in [0.1, 0.15) is 0 Å². The SMILES string of the molecule is COCCn1nnc2c(N)ncnc21. The molecule has 2 aromatic heterocycles. The van der Waals surface area contributed by atoms with E-state index >= 15 is 0 Å². The van der Waals surface area contributed by atoms with Crippen LogP contribution < -0.4 is 5.73 Å². The molecule has 0 aromatic carbocycles. The van der Waals surface area contributed by atoms with Crippen LogP contribution in [0.25, 0.3) is 11.2 Å². The molecule has 0 radical (unpaired) electrons. The molecule has 74 valence electrons. The predicted octanol–water partition coefficient (Wildman–Crippen LogP) is -0.550. The van der Waals surface area contributed by atoms with E-state index in [4.69, 9.17) is 10.5 Å². The second-order valence-electron chi connectivity index (χ2n) is 2.74. The van der Waals surface area contributed by atoms with Gasteiger partial charge in [-0.1, -0.05) is 5.21 Å². The Labute approximate surface area is 79.9 Å². The molecule has 0 spiro atoms. The Hall–Kier alpha value is -1.76. The maximum atomic E-state index is 5.60. The summed E-state index contributed by atoms with van der Waals surface area (Å²) in [5, 5.41) is 7.78. The fourth-order valence-electron chi connectivity index (χ4n) is 1.14. The van der Waals surface area contributed by atoms with Crippen molar-refractivity contribution in [3.8, 4) is 0 Å². The van der Waals surface area contributed by atoms with Crippen molar-refractivity contribution in [1.82, 2.24) is 25.0 Å². The van der Waals surface area contributed by atoms with E-state index in [1.807, 2.05) is 0 Å². The summed E-state index contributed by atoms with van der Waals surface area (Å²) < 4.78 is 6.57. The van der Waals surface area contributed by atoms with Crippen LogP contribution in [-0.4, -0.2) is 38.7 Å². The lowest BCUT2D eigenvalue weighted by Gasteiger charge is -1.99. The molecule has 0 bridgehead atoms. The highest BCUT2D eigenvalue weighted by molar-refractivity contribution is 5.80. The number of hydrogen-bond acceptors (Lipinski definition) is 6. The highest BCUT2D eigenvalue weighted by Gasteiger charge is 2.08. The van der Waals surface area contributed by atoms with Crippen molar-refractivity contribution in [2.45, 2.75) is 6.54 Å². The lowest BCUT2D eigenvalue weighted by Crippen LogP contribution is -2.06. The Morgan fingerprint density at radius 3 is 3.14 bits per heavy atom. The van der Waals surface area contributed by atoms with Gasteiger partial charge in [-0.25, -0.2) is 14.6 Å². The summed E-state index contributed by atoms with van der Waals surface area (Å²) in [6, 6.07) is 0. The molecule has 0 fully saturated rings. The van der Waals surface area contributed by atoms with Crippen molar-refractivity contribution in [2.24, 2.45) is 0 Å². The summed E-state index contributed by atoms with van der Waals surface area (Å²) in [5.74, 6) is 0.346. The maximum Gasteiger partial charge on any atom is 0.183 e. The smallest absolute Gasteiger partial charge is 0.183 e. The highest BCUT2D eigenvalue weighted by Crippen LogP contribution is 2.11. The fraction of sp³-hybridized carbons (Fsp3) is 0.429. The van der Waals surface area contributed by atoms with Gasteiger partial charge in [0.2, 0.25) is 0 Å². The van der Waals surface area contributed by atoms with E-state index in [0.29, 0.717) is 30.1 Å². The van der Waals surface area contributed by atoms with Gasteiger partial charge in [0, 0.05) is 7.11 Å². The second kappa shape index (κ2) is 3.54. The van der Waals surface area contributed by atoms with Crippen molar-refractivity contribution in [3.05, 3.63) is 6.33 Å². The van der Waals surface area contributed by atoms with E-state index in [0.717, 1.165) is 0 Å². The highest BCUT2D eigenvalue weighted by atomic mass is 16.5. The lowest BCUT2D eigenvalue weighted by atomic mass is 10.5. The van der Waals surface area contributed by atoms with Gasteiger partial charge in [0.25, 0.3) is 0 Å². The Morgan fingerprint density at radius 1 is 1.50 bits per heavy atom. The molecule has 2 aromatic rings. The molecule has 2 N–H and O–H groups in total. The average Bonchev–Trinajstić information content (AvgIpc) is 2.60. The Kier molecular flexibility index (Phi) is 2.23. The van der Waals surface area contributed by atoms with Crippen LogP contribution in [0.15, 0.2) is 6.33 Å². The zero-order valence-corrected chi connectivity index (χ0v) is 7.71. The summed E-state index contributed by atoms with van der Waals surface area (Å²) in [7, 11) is 1.63. The van der Waals surface area contributed by atoms with Crippen LogP contribution in [0, 0.1) is 0 Å². The van der Waals surface area contributed by atoms with Crippen LogP contribution in [0.2, 0.25) is 0 Å². The molecule has 7 heteroatoms. The Balaban J connectivity index is 2.42. The average molecular weight is 194 g/mol. The van der Waals surface area contributed by atoms with Crippen molar-refractivity contribution in [1.29, 1.82) is 0 Å². The first-order valence-electron chi connectivity index (χ1n) is 4.11. The van der Waals surface area contributed by atoms with E-state index in [1.165, 1.54) is 6.33 Å². The molecule has 0 unspecified atom stereocenters. The molecule has 0 atom stereocenters. The molecule has 0 amide bonds. The number of hydrogen-bond donors (Lipinski definition) is 1. The quantitative estimate of drug-likeness (QED) is 0.704. The minimum Gasteiger partial charge on any atom is -0.383 e. The largest absolute Gasteiger partial charge is 0.383 e. The fourth-order valence-corrected chi connectivity index (χ4v) is 1.14. The number of nitrogens with zero attached hydrogens (tertiary/aromatic N) is 5. The second-order valence-corrected chi connectivity index (χ2v) is 2.74. The minimum absolute atomic E-state index is 0.346. The third-order valence-corrected chi connectivity index (χ3v) is 1.84. The minimum atomic E-state index is 0.346. The first-order valence-corrected chi connectivity index (χ1v) is 4.11. The van der Waals surface area contributed by atoms with Crippen molar-refractivity contribution < 1.29 is 4.74 Å². The van der Waals surface area contributed by atoms with Gasteiger partial charge in [0.1, 0.15) is 6.33 Å². The Morgan fingerprint density at radius 2 is 2.36 bits per heavy atom. The third kappa shape index (κ3) is 1.37. The number of anilines is 1. The molecule has 14 heavy (non-hydrogen) atoms. The molecular formula is C7H10N6O. The number of nitrogen functional groups attached to an aromatic ring is 1. The number of aromatic nitrogens is 5. The lowest BCUT2D eigenvalue weighted by molar-refractivity contribution is 0.184. The van der Waals surface area contributed by atoms with E-state index in [1.54, 1.807) is 11.8 Å². The number of methoxy groups -OCH3 is 1. The standard InChI is InChI=1S/C7H10N6O/c1-14-3-2-13-7-5(11-12-13)6(8)9-4-10-7/h4H,2-3H2,1H3,(H2,8,9,10). The topological polar surface area (TPSA) is 91.7 Å². The molecule has 0 aliphatic rings. The molecular weight excluding hydrogens is 184 g/mol. The summed E-state index contributed by atoms with van der Waals surface area (Å²) in [6.07, 6.45) is 1.39. The summed E-state index contributed by atoms with van der Waals surface area (Å²) in [4.78, 5) is 7.87. The first kappa shape index (κ1) is 8.82. The summed E-state index contributed by atoms with van der Waals surface area (Å²) in [6.45, 7) is 1.16. The van der Waals surface area contributed by atoms with Gasteiger partial charge in [-0.2, -0.15) is 0 Å². The van der Waals surface area contributed by atoms with Gasteiger partial charge < -0.3 is 10.5 Å². The van der Waals surface area contributed by atoms with E-state index in [2.05, 4.69) is 20.3 Å². The number of nitrogens with two attached hydrogens (primary N) is 1.